The Morgan fingerprint density at radius 1 is 1.33 bits per heavy atom. The first-order chi connectivity index (χ1) is 10.2. The molecule has 112 valence electrons. The van der Waals surface area contributed by atoms with Gasteiger partial charge in [0.15, 0.2) is 5.78 Å². The fourth-order valence-corrected chi connectivity index (χ4v) is 3.79. The lowest BCUT2D eigenvalue weighted by Crippen LogP contribution is -2.42. The number of allylic oxidation sites excluding steroid dienone is 1. The molecule has 1 aromatic carbocycles. The second kappa shape index (κ2) is 5.72. The molecule has 1 aromatic rings. The largest absolute Gasteiger partial charge is 0.317 e. The number of Topliss-reactive ketones (excluding diaryl/α,β-unsaturated/α-hetero) is 1. The Kier molecular flexibility index (Phi) is 3.94. The third kappa shape index (κ3) is 2.55. The van der Waals surface area contributed by atoms with Gasteiger partial charge in [0.25, 0.3) is 0 Å². The molecule has 0 spiro atoms. The van der Waals surface area contributed by atoms with Crippen molar-refractivity contribution < 1.29 is 9.18 Å². The van der Waals surface area contributed by atoms with E-state index in [4.69, 9.17) is 0 Å². The monoisotopic (exact) mass is 287 g/mol. The number of hydrogen-bond acceptors (Lipinski definition) is 2. The van der Waals surface area contributed by atoms with Gasteiger partial charge in [0.1, 0.15) is 5.82 Å². The Bertz CT molecular complexity index is 579. The minimum Gasteiger partial charge on any atom is -0.317 e. The fourth-order valence-electron chi connectivity index (χ4n) is 3.79. The Hall–Kier alpha value is -1.48. The van der Waals surface area contributed by atoms with Gasteiger partial charge >= 0.3 is 0 Å². The first kappa shape index (κ1) is 14.5. The van der Waals surface area contributed by atoms with Gasteiger partial charge in [-0.05, 0) is 55.6 Å². The normalized spacial score (nSPS) is 20.0. The predicted molar refractivity (Wildman–Crippen MR) is 82.5 cm³/mol. The van der Waals surface area contributed by atoms with Crippen LogP contribution in [-0.4, -0.2) is 18.9 Å². The number of nitrogens with one attached hydrogen (secondary N) is 1. The van der Waals surface area contributed by atoms with Gasteiger partial charge in [0.2, 0.25) is 0 Å². The molecule has 0 atom stereocenters. The third-order valence-electron chi connectivity index (χ3n) is 4.91. The smallest absolute Gasteiger partial charge is 0.165 e. The maximum Gasteiger partial charge on any atom is 0.165 e. The van der Waals surface area contributed by atoms with Crippen LogP contribution in [0.15, 0.2) is 23.8 Å². The molecular weight excluding hydrogens is 265 g/mol. The lowest BCUT2D eigenvalue weighted by atomic mass is 9.70. The molecule has 1 saturated heterocycles. The van der Waals surface area contributed by atoms with E-state index in [1.807, 2.05) is 12.1 Å². The quantitative estimate of drug-likeness (QED) is 0.918. The first-order valence-corrected chi connectivity index (χ1v) is 7.90. The summed E-state index contributed by atoms with van der Waals surface area (Å²) in [5.41, 5.74) is 2.12. The zero-order valence-electron chi connectivity index (χ0n) is 12.5. The number of hydrogen-bond donors (Lipinski definition) is 1. The van der Waals surface area contributed by atoms with Gasteiger partial charge in [0.05, 0.1) is 0 Å². The zero-order valence-corrected chi connectivity index (χ0v) is 12.5. The Morgan fingerprint density at radius 2 is 2.10 bits per heavy atom. The van der Waals surface area contributed by atoms with Crippen molar-refractivity contribution in [2.75, 3.05) is 13.1 Å². The molecule has 1 heterocycles. The number of carbonyl (C=O) groups excluding carboxylic acids is 1. The second-order valence-electron chi connectivity index (χ2n) is 6.26. The minimum absolute atomic E-state index is 0.193. The number of rotatable bonds is 4. The highest BCUT2D eigenvalue weighted by Crippen LogP contribution is 2.40. The standard InChI is InChI=1S/C18H22FNO/c1-2-6-18(7-9-20-10-8-18)17(21)14-11-13-4-3-5-16(19)15(13)12-14/h3-5,11,20H,2,6-10,12H2,1H3. The average molecular weight is 287 g/mol. The van der Waals surface area contributed by atoms with Crippen LogP contribution in [-0.2, 0) is 11.2 Å². The van der Waals surface area contributed by atoms with E-state index in [0.29, 0.717) is 12.0 Å². The van der Waals surface area contributed by atoms with E-state index < -0.39 is 0 Å². The van der Waals surface area contributed by atoms with Gasteiger partial charge in [-0.15, -0.1) is 0 Å². The van der Waals surface area contributed by atoms with Crippen molar-refractivity contribution in [2.45, 2.75) is 39.0 Å². The fraction of sp³-hybridized carbons (Fsp3) is 0.500. The van der Waals surface area contributed by atoms with Crippen LogP contribution < -0.4 is 5.32 Å². The molecule has 3 heteroatoms. The third-order valence-corrected chi connectivity index (χ3v) is 4.91. The molecule has 0 amide bonds. The van der Waals surface area contributed by atoms with Crippen molar-refractivity contribution in [3.8, 4) is 0 Å². The molecule has 1 aliphatic carbocycles. The lowest BCUT2D eigenvalue weighted by Gasteiger charge is -2.36. The van der Waals surface area contributed by atoms with Crippen molar-refractivity contribution in [3.05, 3.63) is 40.7 Å². The van der Waals surface area contributed by atoms with Gasteiger partial charge in [0, 0.05) is 17.4 Å². The highest BCUT2D eigenvalue weighted by atomic mass is 19.1. The second-order valence-corrected chi connectivity index (χ2v) is 6.26. The van der Waals surface area contributed by atoms with E-state index in [-0.39, 0.29) is 17.0 Å². The number of halogens is 1. The Balaban J connectivity index is 1.87. The molecular formula is C18H22FNO. The Labute approximate surface area is 125 Å². The number of benzene rings is 1. The highest BCUT2D eigenvalue weighted by molar-refractivity contribution is 6.05. The molecule has 1 N–H and O–H groups in total. The van der Waals surface area contributed by atoms with Crippen LogP contribution in [0.5, 0.6) is 0 Å². The molecule has 1 aliphatic heterocycles. The number of ketones is 1. The van der Waals surface area contributed by atoms with Crippen LogP contribution in [0.3, 0.4) is 0 Å². The van der Waals surface area contributed by atoms with Gasteiger partial charge in [-0.1, -0.05) is 25.5 Å². The van der Waals surface area contributed by atoms with Crippen molar-refractivity contribution in [1.82, 2.24) is 5.32 Å². The summed E-state index contributed by atoms with van der Waals surface area (Å²) in [4.78, 5) is 13.1. The zero-order chi connectivity index (χ0) is 14.9. The van der Waals surface area contributed by atoms with Crippen LogP contribution in [0.1, 0.15) is 43.7 Å². The minimum atomic E-state index is -0.232. The predicted octanol–water partition coefficient (Wildman–Crippen LogP) is 3.50. The van der Waals surface area contributed by atoms with E-state index in [9.17, 15) is 9.18 Å². The molecule has 0 aromatic heterocycles. The Morgan fingerprint density at radius 3 is 2.76 bits per heavy atom. The molecule has 1 fully saturated rings. The summed E-state index contributed by atoms with van der Waals surface area (Å²) in [6.45, 7) is 3.94. The number of piperidine rings is 1. The maximum atomic E-state index is 13.9. The van der Waals surface area contributed by atoms with Crippen molar-refractivity contribution in [2.24, 2.45) is 5.41 Å². The molecule has 2 aliphatic rings. The SMILES string of the molecule is CCCC1(C(=O)C2=Cc3cccc(F)c3C2)CCNCC1. The summed E-state index contributed by atoms with van der Waals surface area (Å²) >= 11 is 0. The summed E-state index contributed by atoms with van der Waals surface area (Å²) in [5.74, 6) is 0.0582. The first-order valence-electron chi connectivity index (χ1n) is 7.90. The van der Waals surface area contributed by atoms with Crippen LogP contribution in [0, 0.1) is 11.2 Å². The lowest BCUT2D eigenvalue weighted by molar-refractivity contribution is -0.126. The van der Waals surface area contributed by atoms with Crippen LogP contribution in [0.4, 0.5) is 4.39 Å². The topological polar surface area (TPSA) is 29.1 Å². The molecule has 2 nitrogen and oxygen atoms in total. The van der Waals surface area contributed by atoms with E-state index >= 15 is 0 Å². The van der Waals surface area contributed by atoms with Gasteiger partial charge < -0.3 is 5.32 Å². The summed E-state index contributed by atoms with van der Waals surface area (Å²) in [7, 11) is 0. The summed E-state index contributed by atoms with van der Waals surface area (Å²) in [6.07, 6.45) is 6.11. The molecule has 3 rings (SSSR count). The summed E-state index contributed by atoms with van der Waals surface area (Å²) in [5, 5.41) is 3.34. The number of fused-ring (bicyclic) bond motifs is 1. The van der Waals surface area contributed by atoms with E-state index in [1.54, 1.807) is 6.07 Å². The van der Waals surface area contributed by atoms with E-state index in [0.717, 1.165) is 49.9 Å². The van der Waals surface area contributed by atoms with Crippen molar-refractivity contribution >= 4 is 11.9 Å². The van der Waals surface area contributed by atoms with Crippen LogP contribution in [0.2, 0.25) is 0 Å². The average Bonchev–Trinajstić information content (AvgIpc) is 2.93. The van der Waals surface area contributed by atoms with Crippen molar-refractivity contribution in [3.63, 3.8) is 0 Å². The van der Waals surface area contributed by atoms with Crippen LogP contribution >= 0.6 is 0 Å². The van der Waals surface area contributed by atoms with Crippen LogP contribution in [0.25, 0.3) is 6.08 Å². The molecule has 0 saturated carbocycles. The summed E-state index contributed by atoms with van der Waals surface area (Å²) < 4.78 is 13.9. The highest BCUT2D eigenvalue weighted by Gasteiger charge is 2.40. The maximum absolute atomic E-state index is 13.9. The summed E-state index contributed by atoms with van der Waals surface area (Å²) in [6, 6.07) is 5.09. The molecule has 0 bridgehead atoms. The van der Waals surface area contributed by atoms with Gasteiger partial charge in [-0.3, -0.25) is 4.79 Å². The van der Waals surface area contributed by atoms with Gasteiger partial charge in [-0.25, -0.2) is 4.39 Å². The molecule has 21 heavy (non-hydrogen) atoms. The molecule has 0 unspecified atom stereocenters. The van der Waals surface area contributed by atoms with Gasteiger partial charge in [-0.2, -0.15) is 0 Å². The molecule has 0 radical (unpaired) electrons. The van der Waals surface area contributed by atoms with E-state index in [1.165, 1.54) is 6.07 Å². The number of carbonyl (C=O) groups is 1. The van der Waals surface area contributed by atoms with E-state index in [2.05, 4.69) is 12.2 Å². The van der Waals surface area contributed by atoms with Crippen molar-refractivity contribution in [1.29, 1.82) is 0 Å².